The second kappa shape index (κ2) is 7.16. The van der Waals surface area contributed by atoms with Crippen LogP contribution in [0.3, 0.4) is 0 Å². The highest BCUT2D eigenvalue weighted by molar-refractivity contribution is 5.93. The second-order valence-electron chi connectivity index (χ2n) is 7.07. The molecule has 0 spiro atoms. The molecule has 28 heavy (non-hydrogen) atoms. The summed E-state index contributed by atoms with van der Waals surface area (Å²) in [5, 5.41) is 6.29. The first-order valence-electron chi connectivity index (χ1n) is 9.20. The van der Waals surface area contributed by atoms with Gasteiger partial charge in [0.05, 0.1) is 17.9 Å². The number of aryl methyl sites for hydroxylation is 1. The molecule has 9 heteroatoms. The van der Waals surface area contributed by atoms with Crippen LogP contribution >= 0.6 is 0 Å². The SMILES string of the molecule is Cc1c(C(N)=O)nc2c(NCC3(F)CCNCC3)nc(-c3ccncc3)cn12. The van der Waals surface area contributed by atoms with Crippen molar-refractivity contribution in [1.82, 2.24) is 24.7 Å². The number of anilines is 1. The van der Waals surface area contributed by atoms with Crippen molar-refractivity contribution in [3.05, 3.63) is 42.1 Å². The summed E-state index contributed by atoms with van der Waals surface area (Å²) >= 11 is 0. The Kier molecular flexibility index (Phi) is 4.68. The van der Waals surface area contributed by atoms with Crippen LogP contribution in [0.4, 0.5) is 10.2 Å². The average molecular weight is 383 g/mol. The lowest BCUT2D eigenvalue weighted by molar-refractivity contribution is 0.0995. The maximum Gasteiger partial charge on any atom is 0.269 e. The molecular weight excluding hydrogens is 361 g/mol. The number of nitrogens with one attached hydrogen (secondary N) is 2. The minimum Gasteiger partial charge on any atom is -0.364 e. The number of aromatic nitrogens is 4. The fourth-order valence-electron chi connectivity index (χ4n) is 3.47. The van der Waals surface area contributed by atoms with E-state index in [-0.39, 0.29) is 12.2 Å². The van der Waals surface area contributed by atoms with Crippen LogP contribution in [0.5, 0.6) is 0 Å². The van der Waals surface area contributed by atoms with Crippen molar-refractivity contribution in [3.63, 3.8) is 0 Å². The number of hydrogen-bond acceptors (Lipinski definition) is 6. The third-order valence-corrected chi connectivity index (χ3v) is 5.13. The Bertz CT molecular complexity index is 1010. The van der Waals surface area contributed by atoms with Crippen molar-refractivity contribution < 1.29 is 9.18 Å². The van der Waals surface area contributed by atoms with E-state index in [0.717, 1.165) is 5.56 Å². The van der Waals surface area contributed by atoms with E-state index in [1.807, 2.05) is 12.1 Å². The number of fused-ring (bicyclic) bond motifs is 1. The molecule has 1 aliphatic heterocycles. The molecule has 1 amide bonds. The van der Waals surface area contributed by atoms with Gasteiger partial charge in [0.25, 0.3) is 5.91 Å². The highest BCUT2D eigenvalue weighted by Gasteiger charge is 2.32. The van der Waals surface area contributed by atoms with Gasteiger partial charge in [0.2, 0.25) is 0 Å². The summed E-state index contributed by atoms with van der Waals surface area (Å²) in [5.41, 5.74) is 6.89. The van der Waals surface area contributed by atoms with Crippen molar-refractivity contribution in [2.24, 2.45) is 5.73 Å². The molecule has 0 saturated carbocycles. The zero-order chi connectivity index (χ0) is 19.7. The predicted octanol–water partition coefficient (Wildman–Crippen LogP) is 1.70. The van der Waals surface area contributed by atoms with Gasteiger partial charge >= 0.3 is 0 Å². The largest absolute Gasteiger partial charge is 0.364 e. The molecule has 0 aromatic carbocycles. The fourth-order valence-corrected chi connectivity index (χ4v) is 3.47. The number of nitrogens with zero attached hydrogens (tertiary/aromatic N) is 4. The summed E-state index contributed by atoms with van der Waals surface area (Å²) < 4.78 is 16.8. The van der Waals surface area contributed by atoms with Crippen molar-refractivity contribution in [2.45, 2.75) is 25.4 Å². The summed E-state index contributed by atoms with van der Waals surface area (Å²) in [4.78, 5) is 24.8. The number of halogens is 1. The molecule has 1 fully saturated rings. The Morgan fingerprint density at radius 2 is 2.04 bits per heavy atom. The first-order valence-corrected chi connectivity index (χ1v) is 9.20. The fraction of sp³-hybridized carbons (Fsp3) is 0.368. The first kappa shape index (κ1) is 18.3. The number of rotatable bonds is 5. The molecule has 0 bridgehead atoms. The second-order valence-corrected chi connectivity index (χ2v) is 7.07. The number of carbonyl (C=O) groups is 1. The van der Waals surface area contributed by atoms with E-state index in [4.69, 9.17) is 5.73 Å². The van der Waals surface area contributed by atoms with Gasteiger partial charge < -0.3 is 16.4 Å². The normalized spacial score (nSPS) is 16.2. The number of pyridine rings is 1. The van der Waals surface area contributed by atoms with Crippen LogP contribution in [0.1, 0.15) is 29.0 Å². The smallest absolute Gasteiger partial charge is 0.269 e. The molecule has 8 nitrogen and oxygen atoms in total. The minimum absolute atomic E-state index is 0.120. The minimum atomic E-state index is -1.31. The number of amides is 1. The quantitative estimate of drug-likeness (QED) is 0.619. The molecule has 0 radical (unpaired) electrons. The van der Waals surface area contributed by atoms with Crippen LogP contribution in [-0.2, 0) is 0 Å². The average Bonchev–Trinajstić information content (AvgIpc) is 3.04. The zero-order valence-corrected chi connectivity index (χ0v) is 15.6. The number of primary amides is 1. The Morgan fingerprint density at radius 3 is 2.71 bits per heavy atom. The molecular formula is C19H22FN7O. The maximum absolute atomic E-state index is 15.1. The Balaban J connectivity index is 1.78. The number of carbonyl (C=O) groups excluding carboxylic acids is 1. The van der Waals surface area contributed by atoms with Gasteiger partial charge in [-0.05, 0) is 45.0 Å². The molecule has 4 N–H and O–H groups in total. The third-order valence-electron chi connectivity index (χ3n) is 5.13. The van der Waals surface area contributed by atoms with E-state index >= 15 is 4.39 Å². The molecule has 1 aliphatic rings. The zero-order valence-electron chi connectivity index (χ0n) is 15.6. The number of piperidine rings is 1. The monoisotopic (exact) mass is 383 g/mol. The van der Waals surface area contributed by atoms with Crippen LogP contribution in [0.25, 0.3) is 16.9 Å². The van der Waals surface area contributed by atoms with Gasteiger partial charge in [0.15, 0.2) is 11.5 Å². The lowest BCUT2D eigenvalue weighted by Gasteiger charge is -2.30. The van der Waals surface area contributed by atoms with Gasteiger partial charge in [0, 0.05) is 24.2 Å². The summed E-state index contributed by atoms with van der Waals surface area (Å²) in [5.74, 6) is -0.196. The van der Waals surface area contributed by atoms with Gasteiger partial charge in [-0.2, -0.15) is 0 Å². The van der Waals surface area contributed by atoms with Crippen molar-refractivity contribution in [2.75, 3.05) is 25.0 Å². The summed E-state index contributed by atoms with van der Waals surface area (Å²) in [6, 6.07) is 3.67. The topological polar surface area (TPSA) is 110 Å². The predicted molar refractivity (Wildman–Crippen MR) is 104 cm³/mol. The Labute approximate surface area is 161 Å². The summed E-state index contributed by atoms with van der Waals surface area (Å²) in [6.45, 7) is 3.18. The van der Waals surface area contributed by atoms with Crippen LogP contribution < -0.4 is 16.4 Å². The van der Waals surface area contributed by atoms with Crippen LogP contribution in [-0.4, -0.2) is 50.6 Å². The van der Waals surface area contributed by atoms with Gasteiger partial charge in [-0.25, -0.2) is 14.4 Å². The van der Waals surface area contributed by atoms with E-state index in [1.165, 1.54) is 0 Å². The maximum atomic E-state index is 15.1. The molecule has 146 valence electrons. The van der Waals surface area contributed by atoms with Crippen molar-refractivity contribution >= 4 is 17.4 Å². The molecule has 1 saturated heterocycles. The first-order chi connectivity index (χ1) is 13.5. The van der Waals surface area contributed by atoms with Gasteiger partial charge in [-0.15, -0.1) is 0 Å². The Hall–Kier alpha value is -3.07. The summed E-state index contributed by atoms with van der Waals surface area (Å²) in [6.07, 6.45) is 6.01. The number of hydrogen-bond donors (Lipinski definition) is 3. The molecule has 0 unspecified atom stereocenters. The standard InChI is InChI=1S/C19H22FN7O/c1-12-15(16(21)28)26-18-17(24-11-19(20)4-8-23-9-5-19)25-14(10-27(12)18)13-2-6-22-7-3-13/h2-3,6-7,10,23H,4-5,8-9,11H2,1H3,(H2,21,28)(H,24,25). The summed E-state index contributed by atoms with van der Waals surface area (Å²) in [7, 11) is 0. The van der Waals surface area contributed by atoms with Crippen LogP contribution in [0, 0.1) is 6.92 Å². The number of nitrogens with two attached hydrogens (primary N) is 1. The Morgan fingerprint density at radius 1 is 1.32 bits per heavy atom. The van der Waals surface area contributed by atoms with E-state index in [9.17, 15) is 4.79 Å². The van der Waals surface area contributed by atoms with E-state index < -0.39 is 11.6 Å². The molecule has 4 heterocycles. The van der Waals surface area contributed by atoms with Gasteiger partial charge in [0.1, 0.15) is 11.4 Å². The molecule has 3 aromatic heterocycles. The molecule has 4 rings (SSSR count). The van der Waals surface area contributed by atoms with E-state index in [0.29, 0.717) is 48.8 Å². The third kappa shape index (κ3) is 3.40. The molecule has 0 aliphatic carbocycles. The van der Waals surface area contributed by atoms with Crippen molar-refractivity contribution in [3.8, 4) is 11.3 Å². The van der Waals surface area contributed by atoms with Crippen molar-refractivity contribution in [1.29, 1.82) is 0 Å². The lowest BCUT2D eigenvalue weighted by atomic mass is 9.94. The number of imidazole rings is 1. The van der Waals surface area contributed by atoms with E-state index in [2.05, 4.69) is 25.6 Å². The molecule has 3 aromatic rings. The van der Waals surface area contributed by atoms with Gasteiger partial charge in [-0.1, -0.05) is 0 Å². The number of alkyl halides is 1. The lowest BCUT2D eigenvalue weighted by Crippen LogP contribution is -2.43. The highest BCUT2D eigenvalue weighted by atomic mass is 19.1. The van der Waals surface area contributed by atoms with Crippen LogP contribution in [0.2, 0.25) is 0 Å². The molecule has 0 atom stereocenters. The van der Waals surface area contributed by atoms with Gasteiger partial charge in [-0.3, -0.25) is 14.2 Å². The highest BCUT2D eigenvalue weighted by Crippen LogP contribution is 2.27. The van der Waals surface area contributed by atoms with Crippen LogP contribution in [0.15, 0.2) is 30.7 Å². The van der Waals surface area contributed by atoms with E-state index in [1.54, 1.807) is 29.9 Å².